The number of hydrogen-bond donors (Lipinski definition) is 1. The molecule has 1 unspecified atom stereocenters. The Kier molecular flexibility index (Phi) is 3.34. The number of nitrogens with one attached hydrogen (secondary N) is 1. The third kappa shape index (κ3) is 2.54. The molecule has 0 saturated heterocycles. The number of aryl methyl sites for hydroxylation is 1. The lowest BCUT2D eigenvalue weighted by molar-refractivity contribution is 0.274. The van der Waals surface area contributed by atoms with Gasteiger partial charge in [0, 0.05) is 22.7 Å². The Morgan fingerprint density at radius 1 is 1.21 bits per heavy atom. The van der Waals surface area contributed by atoms with Gasteiger partial charge in [-0.25, -0.2) is 0 Å². The van der Waals surface area contributed by atoms with Crippen LogP contribution in [0.1, 0.15) is 23.6 Å². The largest absolute Gasteiger partial charge is 0.493 e. The Labute approximate surface area is 118 Å². The third-order valence-corrected chi connectivity index (χ3v) is 3.72. The van der Waals surface area contributed by atoms with Gasteiger partial charge in [-0.15, -0.1) is 0 Å². The highest BCUT2D eigenvalue weighted by Gasteiger charge is 2.21. The molecule has 0 fully saturated rings. The summed E-state index contributed by atoms with van der Waals surface area (Å²) in [6.07, 6.45) is 0.961. The van der Waals surface area contributed by atoms with E-state index >= 15 is 0 Å². The first kappa shape index (κ1) is 12.4. The highest BCUT2D eigenvalue weighted by molar-refractivity contribution is 6.30. The summed E-state index contributed by atoms with van der Waals surface area (Å²) in [7, 11) is 0. The summed E-state index contributed by atoms with van der Waals surface area (Å²) in [5.74, 6) is 0.978. The Hall–Kier alpha value is -1.67. The fourth-order valence-corrected chi connectivity index (χ4v) is 2.60. The maximum absolute atomic E-state index is 6.07. The van der Waals surface area contributed by atoms with Crippen LogP contribution >= 0.6 is 11.6 Å². The lowest BCUT2D eigenvalue weighted by Gasteiger charge is -2.28. The number of ether oxygens (including phenoxy) is 1. The van der Waals surface area contributed by atoms with Crippen LogP contribution in [0.4, 0.5) is 5.69 Å². The van der Waals surface area contributed by atoms with Gasteiger partial charge in [0.2, 0.25) is 0 Å². The van der Waals surface area contributed by atoms with E-state index in [4.69, 9.17) is 16.3 Å². The SMILES string of the molecule is Cc1ccc(Cl)cc1NC1CCOc2ccccc21. The lowest BCUT2D eigenvalue weighted by atomic mass is 10.00. The molecule has 0 aliphatic carbocycles. The zero-order valence-electron chi connectivity index (χ0n) is 10.8. The van der Waals surface area contributed by atoms with Crippen LogP contribution in [-0.2, 0) is 0 Å². The molecule has 1 N–H and O–H groups in total. The molecule has 0 aromatic heterocycles. The molecule has 0 saturated carbocycles. The summed E-state index contributed by atoms with van der Waals surface area (Å²) in [4.78, 5) is 0. The Balaban J connectivity index is 1.90. The van der Waals surface area contributed by atoms with E-state index in [-0.39, 0.29) is 6.04 Å². The molecular formula is C16H16ClNO. The van der Waals surface area contributed by atoms with Crippen molar-refractivity contribution in [1.29, 1.82) is 0 Å². The molecule has 0 radical (unpaired) electrons. The Bertz CT molecular complexity index is 597. The molecule has 3 rings (SSSR count). The number of fused-ring (bicyclic) bond motifs is 1. The molecule has 0 bridgehead atoms. The molecular weight excluding hydrogens is 258 g/mol. The van der Waals surface area contributed by atoms with Gasteiger partial charge in [-0.1, -0.05) is 35.9 Å². The van der Waals surface area contributed by atoms with Crippen LogP contribution in [0.25, 0.3) is 0 Å². The minimum Gasteiger partial charge on any atom is -0.493 e. The van der Waals surface area contributed by atoms with Crippen molar-refractivity contribution in [3.05, 3.63) is 58.6 Å². The van der Waals surface area contributed by atoms with Crippen LogP contribution < -0.4 is 10.1 Å². The lowest BCUT2D eigenvalue weighted by Crippen LogP contribution is -2.20. The molecule has 19 heavy (non-hydrogen) atoms. The number of benzene rings is 2. The van der Waals surface area contributed by atoms with Crippen LogP contribution in [0.2, 0.25) is 5.02 Å². The monoisotopic (exact) mass is 273 g/mol. The van der Waals surface area contributed by atoms with Crippen molar-refractivity contribution < 1.29 is 4.74 Å². The minimum absolute atomic E-state index is 0.280. The summed E-state index contributed by atoms with van der Waals surface area (Å²) in [5.41, 5.74) is 3.51. The fourth-order valence-electron chi connectivity index (χ4n) is 2.43. The standard InChI is InChI=1S/C16H16ClNO/c1-11-6-7-12(17)10-15(11)18-14-8-9-19-16-5-3-2-4-13(14)16/h2-7,10,14,18H,8-9H2,1H3. The summed E-state index contributed by atoms with van der Waals surface area (Å²) in [6, 6.07) is 14.4. The summed E-state index contributed by atoms with van der Waals surface area (Å²) >= 11 is 6.07. The van der Waals surface area contributed by atoms with Crippen molar-refractivity contribution >= 4 is 17.3 Å². The summed E-state index contributed by atoms with van der Waals surface area (Å²) < 4.78 is 5.68. The van der Waals surface area contributed by atoms with Gasteiger partial charge in [0.15, 0.2) is 0 Å². The Morgan fingerprint density at radius 3 is 2.95 bits per heavy atom. The van der Waals surface area contributed by atoms with E-state index in [0.717, 1.165) is 29.5 Å². The van der Waals surface area contributed by atoms with Gasteiger partial charge in [-0.3, -0.25) is 0 Å². The van der Waals surface area contributed by atoms with E-state index in [2.05, 4.69) is 18.3 Å². The second-order valence-corrected chi connectivity index (χ2v) is 5.27. The average Bonchev–Trinajstić information content (AvgIpc) is 2.43. The number of rotatable bonds is 2. The van der Waals surface area contributed by atoms with Crippen molar-refractivity contribution in [1.82, 2.24) is 0 Å². The second-order valence-electron chi connectivity index (χ2n) is 4.83. The van der Waals surface area contributed by atoms with E-state index in [0.29, 0.717) is 0 Å². The normalized spacial score (nSPS) is 17.5. The highest BCUT2D eigenvalue weighted by Crippen LogP contribution is 2.35. The van der Waals surface area contributed by atoms with Gasteiger partial charge in [0.25, 0.3) is 0 Å². The molecule has 98 valence electrons. The quantitative estimate of drug-likeness (QED) is 0.864. The average molecular weight is 274 g/mol. The van der Waals surface area contributed by atoms with Gasteiger partial charge in [0.1, 0.15) is 5.75 Å². The van der Waals surface area contributed by atoms with Crippen molar-refractivity contribution in [3.8, 4) is 5.75 Å². The van der Waals surface area contributed by atoms with E-state index in [9.17, 15) is 0 Å². The minimum atomic E-state index is 0.280. The van der Waals surface area contributed by atoms with Gasteiger partial charge in [-0.05, 0) is 30.7 Å². The van der Waals surface area contributed by atoms with Gasteiger partial charge in [-0.2, -0.15) is 0 Å². The van der Waals surface area contributed by atoms with Gasteiger partial charge < -0.3 is 10.1 Å². The second kappa shape index (κ2) is 5.14. The molecule has 0 amide bonds. The van der Waals surface area contributed by atoms with E-state index in [1.807, 2.05) is 36.4 Å². The van der Waals surface area contributed by atoms with Crippen LogP contribution in [0, 0.1) is 6.92 Å². The zero-order chi connectivity index (χ0) is 13.2. The van der Waals surface area contributed by atoms with Gasteiger partial charge >= 0.3 is 0 Å². The third-order valence-electron chi connectivity index (χ3n) is 3.49. The van der Waals surface area contributed by atoms with Crippen molar-refractivity contribution in [2.24, 2.45) is 0 Å². The van der Waals surface area contributed by atoms with E-state index < -0.39 is 0 Å². The smallest absolute Gasteiger partial charge is 0.124 e. The Morgan fingerprint density at radius 2 is 2.05 bits per heavy atom. The number of para-hydroxylation sites is 1. The maximum Gasteiger partial charge on any atom is 0.124 e. The topological polar surface area (TPSA) is 21.3 Å². The van der Waals surface area contributed by atoms with Crippen LogP contribution in [0.3, 0.4) is 0 Å². The van der Waals surface area contributed by atoms with Crippen LogP contribution in [-0.4, -0.2) is 6.61 Å². The molecule has 3 heteroatoms. The van der Waals surface area contributed by atoms with E-state index in [1.165, 1.54) is 11.1 Å². The first-order chi connectivity index (χ1) is 9.24. The van der Waals surface area contributed by atoms with Gasteiger partial charge in [0.05, 0.1) is 12.6 Å². The maximum atomic E-state index is 6.07. The molecule has 0 spiro atoms. The molecule has 1 heterocycles. The molecule has 1 atom stereocenters. The summed E-state index contributed by atoms with van der Waals surface area (Å²) in [6.45, 7) is 2.83. The number of halogens is 1. The molecule has 2 nitrogen and oxygen atoms in total. The van der Waals surface area contributed by atoms with Crippen LogP contribution in [0.5, 0.6) is 5.75 Å². The van der Waals surface area contributed by atoms with Crippen molar-refractivity contribution in [3.63, 3.8) is 0 Å². The first-order valence-electron chi connectivity index (χ1n) is 6.48. The molecule has 2 aromatic rings. The molecule has 1 aliphatic heterocycles. The molecule has 1 aliphatic rings. The predicted molar refractivity (Wildman–Crippen MR) is 79.1 cm³/mol. The zero-order valence-corrected chi connectivity index (χ0v) is 11.6. The highest BCUT2D eigenvalue weighted by atomic mass is 35.5. The predicted octanol–water partition coefficient (Wildman–Crippen LogP) is 4.58. The first-order valence-corrected chi connectivity index (χ1v) is 6.86. The van der Waals surface area contributed by atoms with Crippen molar-refractivity contribution in [2.45, 2.75) is 19.4 Å². The van der Waals surface area contributed by atoms with E-state index in [1.54, 1.807) is 0 Å². The van der Waals surface area contributed by atoms with Crippen molar-refractivity contribution in [2.75, 3.05) is 11.9 Å². The fraction of sp³-hybridized carbons (Fsp3) is 0.250. The number of anilines is 1. The van der Waals surface area contributed by atoms with Crippen LogP contribution in [0.15, 0.2) is 42.5 Å². The molecule has 2 aromatic carbocycles. The summed E-state index contributed by atoms with van der Waals surface area (Å²) in [5, 5.41) is 4.34. The number of hydrogen-bond acceptors (Lipinski definition) is 2.